The van der Waals surface area contributed by atoms with Crippen LogP contribution in [0.25, 0.3) is 10.9 Å². The summed E-state index contributed by atoms with van der Waals surface area (Å²) >= 11 is 5.96. The van der Waals surface area contributed by atoms with Crippen LogP contribution in [0.3, 0.4) is 0 Å². The molecule has 0 aliphatic rings. The van der Waals surface area contributed by atoms with Crippen LogP contribution in [-0.2, 0) is 0 Å². The number of H-pyrrole nitrogens is 1. The number of ether oxygens (including phenoxy) is 1. The molecule has 0 spiro atoms. The Kier molecular flexibility index (Phi) is 4.59. The number of carbonyl (C=O) groups is 1. The number of hydrogen-bond acceptors (Lipinski definition) is 5. The van der Waals surface area contributed by atoms with E-state index in [0.29, 0.717) is 16.7 Å². The topological polar surface area (TPSA) is 114 Å². The summed E-state index contributed by atoms with van der Waals surface area (Å²) in [4.78, 5) is 38.1. The second kappa shape index (κ2) is 6.85. The Morgan fingerprint density at radius 1 is 1.27 bits per heavy atom. The zero-order chi connectivity index (χ0) is 18.8. The number of nitrogens with zero attached hydrogens (tertiary/aromatic N) is 1. The van der Waals surface area contributed by atoms with Crippen molar-refractivity contribution in [2.45, 2.75) is 0 Å². The first kappa shape index (κ1) is 17.4. The highest BCUT2D eigenvalue weighted by atomic mass is 35.5. The van der Waals surface area contributed by atoms with Gasteiger partial charge >= 0.3 is 0 Å². The summed E-state index contributed by atoms with van der Waals surface area (Å²) in [6, 6.07) is 8.52. The highest BCUT2D eigenvalue weighted by Crippen LogP contribution is 2.27. The van der Waals surface area contributed by atoms with Crippen LogP contribution in [0.15, 0.2) is 47.4 Å². The van der Waals surface area contributed by atoms with Crippen LogP contribution < -0.4 is 15.5 Å². The first-order valence-corrected chi connectivity index (χ1v) is 7.73. The maximum Gasteiger partial charge on any atom is 0.271 e. The van der Waals surface area contributed by atoms with Gasteiger partial charge in [0.05, 0.1) is 22.7 Å². The first-order valence-electron chi connectivity index (χ1n) is 7.35. The molecule has 0 saturated carbocycles. The molecule has 2 aromatic carbocycles. The molecule has 0 aliphatic carbocycles. The van der Waals surface area contributed by atoms with Gasteiger partial charge < -0.3 is 15.0 Å². The largest absolute Gasteiger partial charge is 0.497 e. The van der Waals surface area contributed by atoms with Gasteiger partial charge in [0.15, 0.2) is 0 Å². The Morgan fingerprint density at radius 3 is 2.69 bits per heavy atom. The minimum atomic E-state index is -0.688. The van der Waals surface area contributed by atoms with Crippen molar-refractivity contribution in [1.82, 2.24) is 4.98 Å². The highest BCUT2D eigenvalue weighted by Gasteiger charge is 2.16. The van der Waals surface area contributed by atoms with E-state index in [1.165, 1.54) is 31.5 Å². The lowest BCUT2D eigenvalue weighted by Gasteiger charge is -2.08. The lowest BCUT2D eigenvalue weighted by atomic mass is 10.1. The van der Waals surface area contributed by atoms with Crippen molar-refractivity contribution in [1.29, 1.82) is 0 Å². The number of halogens is 1. The van der Waals surface area contributed by atoms with Crippen LogP contribution >= 0.6 is 11.6 Å². The molecule has 26 heavy (non-hydrogen) atoms. The molecule has 0 saturated heterocycles. The van der Waals surface area contributed by atoms with Crippen molar-refractivity contribution < 1.29 is 14.5 Å². The Labute approximate surface area is 151 Å². The Bertz CT molecular complexity index is 1090. The van der Waals surface area contributed by atoms with Crippen molar-refractivity contribution in [3.8, 4) is 5.75 Å². The Morgan fingerprint density at radius 2 is 2.04 bits per heavy atom. The van der Waals surface area contributed by atoms with Gasteiger partial charge in [0.25, 0.3) is 11.6 Å². The fourth-order valence-corrected chi connectivity index (χ4v) is 2.62. The number of nitro benzene ring substituents is 1. The molecule has 9 heteroatoms. The quantitative estimate of drug-likeness (QED) is 0.537. The summed E-state index contributed by atoms with van der Waals surface area (Å²) in [6.45, 7) is 0. The van der Waals surface area contributed by atoms with Crippen molar-refractivity contribution >= 4 is 39.8 Å². The average Bonchev–Trinajstić information content (AvgIpc) is 2.63. The van der Waals surface area contributed by atoms with Gasteiger partial charge in [0, 0.05) is 29.2 Å². The fourth-order valence-electron chi connectivity index (χ4n) is 2.40. The highest BCUT2D eigenvalue weighted by molar-refractivity contribution is 6.34. The number of methoxy groups -OCH3 is 1. The molecule has 1 amide bonds. The van der Waals surface area contributed by atoms with Crippen LogP contribution in [-0.4, -0.2) is 22.9 Å². The lowest BCUT2D eigenvalue weighted by molar-refractivity contribution is -0.384. The number of carbonyl (C=O) groups excluding carboxylic acids is 1. The summed E-state index contributed by atoms with van der Waals surface area (Å²) in [5.74, 6) is -0.203. The van der Waals surface area contributed by atoms with Gasteiger partial charge in [-0.15, -0.1) is 0 Å². The second-order valence-corrected chi connectivity index (χ2v) is 5.73. The first-order chi connectivity index (χ1) is 12.4. The molecule has 0 aliphatic heterocycles. The molecule has 0 radical (unpaired) electrons. The van der Waals surface area contributed by atoms with Gasteiger partial charge in [-0.2, -0.15) is 0 Å². The summed E-state index contributed by atoms with van der Waals surface area (Å²) in [6.07, 6.45) is 1.30. The lowest BCUT2D eigenvalue weighted by Crippen LogP contribution is -2.22. The van der Waals surface area contributed by atoms with Gasteiger partial charge in [-0.1, -0.05) is 11.6 Å². The third kappa shape index (κ3) is 3.22. The van der Waals surface area contributed by atoms with E-state index in [1.54, 1.807) is 12.1 Å². The Balaban J connectivity index is 1.96. The number of nitrogens with one attached hydrogen (secondary N) is 2. The van der Waals surface area contributed by atoms with E-state index in [1.807, 2.05) is 0 Å². The molecule has 0 bridgehead atoms. The minimum Gasteiger partial charge on any atom is -0.497 e. The number of rotatable bonds is 4. The fraction of sp³-hybridized carbons (Fsp3) is 0.0588. The van der Waals surface area contributed by atoms with Crippen molar-refractivity contribution in [3.63, 3.8) is 0 Å². The minimum absolute atomic E-state index is 0.00793. The van der Waals surface area contributed by atoms with Gasteiger partial charge in [-0.05, 0) is 24.3 Å². The van der Waals surface area contributed by atoms with E-state index in [-0.39, 0.29) is 22.0 Å². The van der Waals surface area contributed by atoms with Gasteiger partial charge in [0.1, 0.15) is 11.3 Å². The molecule has 0 fully saturated rings. The normalized spacial score (nSPS) is 10.5. The predicted molar refractivity (Wildman–Crippen MR) is 97.2 cm³/mol. The molecule has 0 unspecified atom stereocenters. The summed E-state index contributed by atoms with van der Waals surface area (Å²) in [5, 5.41) is 13.5. The SMILES string of the molecule is COc1ccc2[nH]cc(C(=O)Nc3ccc([N+](=O)[O-])cc3Cl)c(=O)c2c1. The number of nitro groups is 1. The van der Waals surface area contributed by atoms with Crippen LogP contribution in [0.4, 0.5) is 11.4 Å². The number of amides is 1. The molecular weight excluding hydrogens is 362 g/mol. The van der Waals surface area contributed by atoms with E-state index in [2.05, 4.69) is 10.3 Å². The van der Waals surface area contributed by atoms with Crippen molar-refractivity contribution in [2.24, 2.45) is 0 Å². The number of aromatic amines is 1. The maximum atomic E-state index is 12.6. The number of non-ortho nitro benzene ring substituents is 1. The number of fused-ring (bicyclic) bond motifs is 1. The number of benzene rings is 2. The molecule has 3 rings (SSSR count). The molecule has 2 N–H and O–H groups in total. The third-order valence-electron chi connectivity index (χ3n) is 3.74. The van der Waals surface area contributed by atoms with Crippen LogP contribution in [0.2, 0.25) is 5.02 Å². The smallest absolute Gasteiger partial charge is 0.271 e. The molecule has 1 heterocycles. The van der Waals surface area contributed by atoms with E-state index >= 15 is 0 Å². The summed E-state index contributed by atoms with van der Waals surface area (Å²) in [7, 11) is 1.47. The molecule has 0 atom stereocenters. The summed E-state index contributed by atoms with van der Waals surface area (Å²) < 4.78 is 5.09. The van der Waals surface area contributed by atoms with Crippen LogP contribution in [0, 0.1) is 10.1 Å². The van der Waals surface area contributed by atoms with E-state index in [0.717, 1.165) is 6.07 Å². The maximum absolute atomic E-state index is 12.6. The zero-order valence-electron chi connectivity index (χ0n) is 13.4. The summed E-state index contributed by atoms with van der Waals surface area (Å²) in [5.41, 5.74) is -0.0925. The van der Waals surface area contributed by atoms with Crippen molar-refractivity contribution in [2.75, 3.05) is 12.4 Å². The molecule has 1 aromatic heterocycles. The number of hydrogen-bond donors (Lipinski definition) is 2. The molecular formula is C17H12ClN3O5. The molecule has 132 valence electrons. The van der Waals surface area contributed by atoms with Gasteiger partial charge in [-0.3, -0.25) is 19.7 Å². The number of pyridine rings is 1. The predicted octanol–water partition coefficient (Wildman–Crippen LogP) is 3.35. The number of aromatic nitrogens is 1. The number of anilines is 1. The van der Waals surface area contributed by atoms with Crippen LogP contribution in [0.1, 0.15) is 10.4 Å². The molecule has 8 nitrogen and oxygen atoms in total. The Hall–Kier alpha value is -3.39. The van der Waals surface area contributed by atoms with E-state index in [9.17, 15) is 19.7 Å². The van der Waals surface area contributed by atoms with Gasteiger partial charge in [-0.25, -0.2) is 0 Å². The van der Waals surface area contributed by atoms with Crippen LogP contribution in [0.5, 0.6) is 5.75 Å². The zero-order valence-corrected chi connectivity index (χ0v) is 14.2. The van der Waals surface area contributed by atoms with E-state index in [4.69, 9.17) is 16.3 Å². The average molecular weight is 374 g/mol. The van der Waals surface area contributed by atoms with E-state index < -0.39 is 16.3 Å². The van der Waals surface area contributed by atoms with Gasteiger partial charge in [0.2, 0.25) is 5.43 Å². The monoisotopic (exact) mass is 373 g/mol. The molecule has 3 aromatic rings. The third-order valence-corrected chi connectivity index (χ3v) is 4.06. The standard InChI is InChI=1S/C17H12ClN3O5/c1-26-10-3-5-14-11(7-10)16(22)12(8-19-14)17(23)20-15-4-2-9(21(24)25)6-13(15)18/h2-8H,1H3,(H,19,22)(H,20,23). The van der Waals surface area contributed by atoms with Crippen molar-refractivity contribution in [3.05, 3.63) is 73.5 Å². The second-order valence-electron chi connectivity index (χ2n) is 5.32.